The van der Waals surface area contributed by atoms with Gasteiger partial charge < -0.3 is 19.9 Å². The summed E-state index contributed by atoms with van der Waals surface area (Å²) in [6, 6.07) is 5.94. The number of hydrogen-bond acceptors (Lipinski definition) is 6. The van der Waals surface area contributed by atoms with E-state index in [0.717, 1.165) is 45.4 Å². The van der Waals surface area contributed by atoms with Crippen molar-refractivity contribution in [3.05, 3.63) is 30.1 Å². The highest BCUT2D eigenvalue weighted by molar-refractivity contribution is 5.76. The second-order valence-corrected chi connectivity index (χ2v) is 10.0. The first-order valence-electron chi connectivity index (χ1n) is 12.1. The number of amides is 2. The van der Waals surface area contributed by atoms with Gasteiger partial charge in [0.15, 0.2) is 0 Å². The minimum absolute atomic E-state index is 0.00423. The van der Waals surface area contributed by atoms with Gasteiger partial charge in [-0.2, -0.15) is 0 Å². The van der Waals surface area contributed by atoms with E-state index < -0.39 is 6.09 Å². The highest BCUT2D eigenvalue weighted by atomic mass is 19.1. The maximum absolute atomic E-state index is 13.3. The number of rotatable bonds is 3. The van der Waals surface area contributed by atoms with Crippen LogP contribution in [0.15, 0.2) is 24.3 Å². The van der Waals surface area contributed by atoms with Crippen LogP contribution in [0, 0.1) is 17.7 Å². The van der Waals surface area contributed by atoms with Crippen LogP contribution in [-0.2, 0) is 4.79 Å². The number of hydrogen-bond donors (Lipinski definition) is 2. The molecule has 2 amide bonds. The molecule has 4 fully saturated rings. The lowest BCUT2D eigenvalue weighted by molar-refractivity contribution is -0.142. The molecule has 0 spiro atoms. The molecule has 0 radical (unpaired) electrons. The number of benzene rings is 1. The molecule has 1 aromatic carbocycles. The maximum Gasteiger partial charge on any atom is 0.415 e. The van der Waals surface area contributed by atoms with E-state index in [2.05, 4.69) is 15.8 Å². The molecule has 8 nitrogen and oxygen atoms in total. The van der Waals surface area contributed by atoms with Gasteiger partial charge in [-0.15, -0.1) is 0 Å². The van der Waals surface area contributed by atoms with Crippen LogP contribution in [0.3, 0.4) is 0 Å². The van der Waals surface area contributed by atoms with Gasteiger partial charge in [0.05, 0.1) is 12.1 Å². The molecule has 9 heteroatoms. The van der Waals surface area contributed by atoms with E-state index in [1.165, 1.54) is 24.3 Å². The summed E-state index contributed by atoms with van der Waals surface area (Å²) in [7, 11) is 0. The molecule has 0 aromatic heterocycles. The zero-order chi connectivity index (χ0) is 23.1. The molecular formula is C24H34FN5O3. The summed E-state index contributed by atoms with van der Waals surface area (Å²) < 4.78 is 18.9. The largest absolute Gasteiger partial charge is 0.415 e. The first-order chi connectivity index (χ1) is 15.9. The van der Waals surface area contributed by atoms with E-state index in [1.807, 2.05) is 16.7 Å². The number of hydrazine groups is 1. The van der Waals surface area contributed by atoms with Gasteiger partial charge in [0.2, 0.25) is 5.91 Å². The molecule has 4 aliphatic rings. The zero-order valence-corrected chi connectivity index (χ0v) is 19.4. The lowest BCUT2D eigenvalue weighted by atomic mass is 9.73. The van der Waals surface area contributed by atoms with Crippen LogP contribution in [0.1, 0.15) is 33.1 Å². The third-order valence-electron chi connectivity index (χ3n) is 7.99. The Morgan fingerprint density at radius 1 is 1.03 bits per heavy atom. The van der Waals surface area contributed by atoms with Crippen LogP contribution in [0.4, 0.5) is 9.18 Å². The minimum atomic E-state index is -0.418. The number of carbonyl (C=O) groups is 2. The molecule has 3 saturated heterocycles. The Morgan fingerprint density at radius 2 is 1.79 bits per heavy atom. The fraction of sp³-hybridized carbons (Fsp3) is 0.667. The Kier molecular flexibility index (Phi) is 6.28. The molecule has 33 heavy (non-hydrogen) atoms. The molecule has 3 heterocycles. The summed E-state index contributed by atoms with van der Waals surface area (Å²) >= 11 is 0. The summed E-state index contributed by atoms with van der Waals surface area (Å²) in [4.78, 5) is 29.5. The second kappa shape index (κ2) is 9.19. The van der Waals surface area contributed by atoms with Crippen molar-refractivity contribution in [1.82, 2.24) is 25.6 Å². The van der Waals surface area contributed by atoms with Crippen LogP contribution < -0.4 is 15.5 Å². The number of nitrogens with zero attached hydrogens (tertiary/aromatic N) is 3. The molecule has 180 valence electrons. The van der Waals surface area contributed by atoms with E-state index in [1.54, 1.807) is 6.92 Å². The Hall–Kier alpha value is -2.23. The van der Waals surface area contributed by atoms with Gasteiger partial charge in [-0.25, -0.2) is 14.2 Å². The molecule has 1 aromatic rings. The third kappa shape index (κ3) is 4.46. The molecule has 1 saturated carbocycles. The van der Waals surface area contributed by atoms with Gasteiger partial charge >= 0.3 is 6.09 Å². The lowest BCUT2D eigenvalue weighted by Gasteiger charge is -2.54. The number of halogens is 1. The fourth-order valence-electron chi connectivity index (χ4n) is 6.20. The van der Waals surface area contributed by atoms with Crippen molar-refractivity contribution >= 4 is 12.0 Å². The van der Waals surface area contributed by atoms with E-state index in [0.29, 0.717) is 30.2 Å². The summed E-state index contributed by atoms with van der Waals surface area (Å²) in [5, 5.41) is 5.71. The van der Waals surface area contributed by atoms with Gasteiger partial charge in [0.1, 0.15) is 11.6 Å². The monoisotopic (exact) mass is 459 g/mol. The first-order valence-corrected chi connectivity index (χ1v) is 12.1. The minimum Gasteiger partial charge on any atom is -0.410 e. The smallest absolute Gasteiger partial charge is 0.410 e. The summed E-state index contributed by atoms with van der Waals surface area (Å²) in [5.41, 5.74) is 3.58. The highest BCUT2D eigenvalue weighted by Gasteiger charge is 2.48. The maximum atomic E-state index is 13.3. The van der Waals surface area contributed by atoms with Crippen molar-refractivity contribution < 1.29 is 18.7 Å². The average Bonchev–Trinajstić information content (AvgIpc) is 3.22. The highest BCUT2D eigenvalue weighted by Crippen LogP contribution is 2.40. The van der Waals surface area contributed by atoms with E-state index in [-0.39, 0.29) is 29.8 Å². The van der Waals surface area contributed by atoms with E-state index >= 15 is 0 Å². The Balaban J connectivity index is 1.32. The molecule has 4 unspecified atom stereocenters. The Morgan fingerprint density at radius 3 is 2.45 bits per heavy atom. The SMILES string of the molecule is CC(=O)N1C2CCC(C3CNN(C4CNC4)C3)CC2N(C(=O)Oc2ccc(F)cc2)C[C@@H]1C. The van der Waals surface area contributed by atoms with Crippen LogP contribution in [-0.4, -0.2) is 83.7 Å². The summed E-state index contributed by atoms with van der Waals surface area (Å²) in [6.45, 7) is 8.11. The topological polar surface area (TPSA) is 77.2 Å². The number of piperazine rings is 1. The molecule has 1 aliphatic carbocycles. The van der Waals surface area contributed by atoms with E-state index in [9.17, 15) is 14.0 Å². The molecule has 5 atom stereocenters. The summed E-state index contributed by atoms with van der Waals surface area (Å²) in [5.74, 6) is 1.04. The normalized spacial score (nSPS) is 32.9. The predicted octanol–water partition coefficient (Wildman–Crippen LogP) is 1.82. The van der Waals surface area contributed by atoms with Crippen molar-refractivity contribution in [1.29, 1.82) is 0 Å². The van der Waals surface area contributed by atoms with Gasteiger partial charge in [0, 0.05) is 51.7 Å². The molecule has 0 bridgehead atoms. The predicted molar refractivity (Wildman–Crippen MR) is 121 cm³/mol. The van der Waals surface area contributed by atoms with Crippen molar-refractivity contribution in [3.63, 3.8) is 0 Å². The standard InChI is InChI=1S/C24H34FN5O3/c1-15-13-28(24(32)33-21-6-4-19(25)5-7-21)23-9-17(3-8-22(23)30(15)16(2)31)18-10-27-29(14-18)20-11-26-12-20/h4-7,15,17-18,20,22-23,26-27H,3,8-14H2,1-2H3/t15-,17?,18?,22?,23?/m0/s1. The molecule has 2 N–H and O–H groups in total. The van der Waals surface area contributed by atoms with Crippen molar-refractivity contribution in [3.8, 4) is 5.75 Å². The number of carbonyl (C=O) groups excluding carboxylic acids is 2. The second-order valence-electron chi connectivity index (χ2n) is 10.0. The van der Waals surface area contributed by atoms with E-state index in [4.69, 9.17) is 4.74 Å². The van der Waals surface area contributed by atoms with Crippen LogP contribution in [0.25, 0.3) is 0 Å². The van der Waals surface area contributed by atoms with Crippen molar-refractivity contribution in [2.24, 2.45) is 11.8 Å². The molecule has 3 aliphatic heterocycles. The van der Waals surface area contributed by atoms with Crippen molar-refractivity contribution in [2.75, 3.05) is 32.7 Å². The first kappa shape index (κ1) is 22.6. The van der Waals surface area contributed by atoms with Gasteiger partial charge in [-0.3, -0.25) is 10.2 Å². The van der Waals surface area contributed by atoms with Crippen LogP contribution in [0.2, 0.25) is 0 Å². The lowest BCUT2D eigenvalue weighted by Crippen LogP contribution is -2.67. The summed E-state index contributed by atoms with van der Waals surface area (Å²) in [6.07, 6.45) is 2.39. The number of fused-ring (bicyclic) bond motifs is 1. The quantitative estimate of drug-likeness (QED) is 0.718. The fourth-order valence-corrected chi connectivity index (χ4v) is 6.20. The number of ether oxygens (including phenoxy) is 1. The number of nitrogens with one attached hydrogen (secondary N) is 2. The Labute approximate surface area is 194 Å². The van der Waals surface area contributed by atoms with Crippen molar-refractivity contribution in [2.45, 2.75) is 57.3 Å². The van der Waals surface area contributed by atoms with Crippen LogP contribution in [0.5, 0.6) is 5.75 Å². The zero-order valence-electron chi connectivity index (χ0n) is 19.4. The van der Waals surface area contributed by atoms with Gasteiger partial charge in [0.25, 0.3) is 0 Å². The van der Waals surface area contributed by atoms with Gasteiger partial charge in [-0.1, -0.05) is 0 Å². The van der Waals surface area contributed by atoms with Crippen LogP contribution >= 0.6 is 0 Å². The average molecular weight is 460 g/mol. The molecule has 5 rings (SSSR count). The third-order valence-corrected chi connectivity index (χ3v) is 7.99. The Bertz CT molecular complexity index is 879. The molecular weight excluding hydrogens is 425 g/mol. The van der Waals surface area contributed by atoms with Gasteiger partial charge in [-0.05, 0) is 62.3 Å².